The van der Waals surface area contributed by atoms with Crippen molar-refractivity contribution in [1.29, 1.82) is 0 Å². The van der Waals surface area contributed by atoms with E-state index in [9.17, 15) is 9.59 Å². The molecule has 1 saturated heterocycles. The first-order valence-corrected chi connectivity index (χ1v) is 11.9. The molecule has 0 aliphatic carbocycles. The lowest BCUT2D eigenvalue weighted by Gasteiger charge is -2.37. The topological polar surface area (TPSA) is 109 Å². The molecular formula is C25H32N6O4. The summed E-state index contributed by atoms with van der Waals surface area (Å²) in [5.41, 5.74) is 1.75. The van der Waals surface area contributed by atoms with Gasteiger partial charge in [0.1, 0.15) is 5.75 Å². The molecule has 4 rings (SSSR count). The Bertz CT molecular complexity index is 1050. The van der Waals surface area contributed by atoms with Crippen molar-refractivity contribution in [1.82, 2.24) is 25.5 Å². The summed E-state index contributed by atoms with van der Waals surface area (Å²) in [6.07, 6.45) is 3.52. The van der Waals surface area contributed by atoms with E-state index in [4.69, 9.17) is 9.47 Å². The Morgan fingerprint density at radius 2 is 1.80 bits per heavy atom. The summed E-state index contributed by atoms with van der Waals surface area (Å²) in [6.45, 7) is 9.34. The number of hydrogen-bond acceptors (Lipinski definition) is 8. The van der Waals surface area contributed by atoms with E-state index in [0.717, 1.165) is 37.5 Å². The van der Waals surface area contributed by atoms with Crippen LogP contribution in [0.3, 0.4) is 0 Å². The van der Waals surface area contributed by atoms with Crippen LogP contribution in [0.4, 0.5) is 10.7 Å². The molecule has 186 valence electrons. The van der Waals surface area contributed by atoms with Crippen LogP contribution in [-0.2, 0) is 9.53 Å². The summed E-state index contributed by atoms with van der Waals surface area (Å²) in [5, 5.41) is 5.74. The van der Waals surface area contributed by atoms with E-state index in [-0.39, 0.29) is 18.7 Å². The van der Waals surface area contributed by atoms with Crippen LogP contribution in [0.5, 0.6) is 5.75 Å². The molecule has 2 N–H and O–H groups in total. The van der Waals surface area contributed by atoms with Crippen molar-refractivity contribution in [3.05, 3.63) is 59.6 Å². The number of ether oxygens (including phenoxy) is 2. The predicted molar refractivity (Wildman–Crippen MR) is 131 cm³/mol. The Morgan fingerprint density at radius 1 is 1.11 bits per heavy atom. The Labute approximate surface area is 205 Å². The number of nitrogens with one attached hydrogen (secondary N) is 2. The van der Waals surface area contributed by atoms with Crippen molar-refractivity contribution in [2.24, 2.45) is 0 Å². The maximum absolute atomic E-state index is 13.1. The van der Waals surface area contributed by atoms with Crippen molar-refractivity contribution >= 4 is 17.9 Å². The lowest BCUT2D eigenvalue weighted by atomic mass is 9.94. The molecule has 1 aromatic heterocycles. The number of benzene rings is 1. The number of piperazine rings is 1. The first-order chi connectivity index (χ1) is 16.9. The zero-order valence-corrected chi connectivity index (χ0v) is 20.4. The minimum Gasteiger partial charge on any atom is -0.491 e. The maximum atomic E-state index is 13.1. The summed E-state index contributed by atoms with van der Waals surface area (Å²) >= 11 is 0. The second-order valence-corrected chi connectivity index (χ2v) is 8.69. The highest BCUT2D eigenvalue weighted by molar-refractivity contribution is 5.95. The van der Waals surface area contributed by atoms with Gasteiger partial charge in [-0.1, -0.05) is 12.1 Å². The summed E-state index contributed by atoms with van der Waals surface area (Å²) < 4.78 is 11.1. The maximum Gasteiger partial charge on any atom is 0.338 e. The average Bonchev–Trinajstić information content (AvgIpc) is 2.85. The molecule has 2 aliphatic rings. The van der Waals surface area contributed by atoms with Gasteiger partial charge in [0.25, 0.3) is 0 Å². The van der Waals surface area contributed by atoms with Gasteiger partial charge < -0.3 is 25.0 Å². The summed E-state index contributed by atoms with van der Waals surface area (Å²) in [4.78, 5) is 38.6. The van der Waals surface area contributed by atoms with E-state index in [1.165, 1.54) is 0 Å². The smallest absolute Gasteiger partial charge is 0.338 e. The monoisotopic (exact) mass is 480 g/mol. The zero-order valence-electron chi connectivity index (χ0n) is 20.4. The van der Waals surface area contributed by atoms with Crippen molar-refractivity contribution in [3.63, 3.8) is 0 Å². The van der Waals surface area contributed by atoms with Gasteiger partial charge in [-0.2, -0.15) is 0 Å². The first kappa shape index (κ1) is 24.5. The van der Waals surface area contributed by atoms with Gasteiger partial charge in [-0.3, -0.25) is 4.90 Å². The van der Waals surface area contributed by atoms with E-state index in [2.05, 4.69) is 30.4 Å². The molecule has 0 saturated carbocycles. The fourth-order valence-corrected chi connectivity index (χ4v) is 4.24. The minimum absolute atomic E-state index is 0.0509. The molecule has 1 atom stereocenters. The molecule has 35 heavy (non-hydrogen) atoms. The van der Waals surface area contributed by atoms with Gasteiger partial charge in [0.2, 0.25) is 5.95 Å². The molecule has 1 aromatic carbocycles. The van der Waals surface area contributed by atoms with Crippen LogP contribution in [0.25, 0.3) is 0 Å². The van der Waals surface area contributed by atoms with Crippen molar-refractivity contribution in [2.75, 3.05) is 44.2 Å². The van der Waals surface area contributed by atoms with Crippen LogP contribution in [-0.4, -0.2) is 72.3 Å². The molecule has 10 nitrogen and oxygen atoms in total. The van der Waals surface area contributed by atoms with Crippen LogP contribution in [0, 0.1) is 0 Å². The highest BCUT2D eigenvalue weighted by Gasteiger charge is 2.34. The van der Waals surface area contributed by atoms with E-state index in [1.807, 2.05) is 38.1 Å². The molecule has 10 heteroatoms. The third-order valence-electron chi connectivity index (χ3n) is 5.82. The minimum atomic E-state index is -0.620. The molecule has 0 radical (unpaired) electrons. The lowest BCUT2D eigenvalue weighted by Crippen LogP contribution is -2.52. The largest absolute Gasteiger partial charge is 0.491 e. The van der Waals surface area contributed by atoms with Crippen LogP contribution in [0.15, 0.2) is 54.0 Å². The van der Waals surface area contributed by atoms with Crippen molar-refractivity contribution in [3.8, 4) is 5.75 Å². The van der Waals surface area contributed by atoms with Gasteiger partial charge in [-0.15, -0.1) is 0 Å². The van der Waals surface area contributed by atoms with Crippen molar-refractivity contribution in [2.45, 2.75) is 32.9 Å². The summed E-state index contributed by atoms with van der Waals surface area (Å²) in [7, 11) is 0. The highest BCUT2D eigenvalue weighted by Crippen LogP contribution is 2.30. The third kappa shape index (κ3) is 6.07. The van der Waals surface area contributed by atoms with E-state index < -0.39 is 12.0 Å². The fourth-order valence-electron chi connectivity index (χ4n) is 4.24. The van der Waals surface area contributed by atoms with Gasteiger partial charge in [-0.05, 0) is 44.5 Å². The van der Waals surface area contributed by atoms with Gasteiger partial charge in [-0.25, -0.2) is 19.6 Å². The molecular weight excluding hydrogens is 448 g/mol. The molecule has 0 unspecified atom stereocenters. The van der Waals surface area contributed by atoms with Crippen LogP contribution in [0.2, 0.25) is 0 Å². The quantitative estimate of drug-likeness (QED) is 0.554. The number of urea groups is 1. The Morgan fingerprint density at radius 3 is 2.43 bits per heavy atom. The summed E-state index contributed by atoms with van der Waals surface area (Å²) in [6, 6.07) is 8.24. The lowest BCUT2D eigenvalue weighted by molar-refractivity contribution is -0.139. The van der Waals surface area contributed by atoms with Crippen LogP contribution in [0.1, 0.15) is 32.4 Å². The number of amides is 2. The van der Waals surface area contributed by atoms with Crippen LogP contribution >= 0.6 is 0 Å². The average molecular weight is 481 g/mol. The van der Waals surface area contributed by atoms with E-state index in [1.54, 1.807) is 25.4 Å². The molecule has 0 bridgehead atoms. The predicted octanol–water partition coefficient (Wildman–Crippen LogP) is 2.26. The number of anilines is 1. The van der Waals surface area contributed by atoms with Gasteiger partial charge >= 0.3 is 12.0 Å². The standard InChI is InChI=1S/C25H32N6O4/c1-4-34-23(32)21-20(16-30-12-14-31(15-13-30)24-26-10-5-11-27-24)28-25(33)29-22(21)18-6-8-19(9-7-18)35-17(2)3/h5-11,17,22H,4,12-16H2,1-3H3,(H2,28,29,33)/t22-/m1/s1. The van der Waals surface area contributed by atoms with Gasteiger partial charge in [0.05, 0.1) is 24.3 Å². The Balaban J connectivity index is 1.55. The zero-order chi connectivity index (χ0) is 24.8. The molecule has 2 aromatic rings. The first-order valence-electron chi connectivity index (χ1n) is 11.9. The molecule has 3 heterocycles. The highest BCUT2D eigenvalue weighted by atomic mass is 16.5. The van der Waals surface area contributed by atoms with Gasteiger partial charge in [0.15, 0.2) is 0 Å². The molecule has 2 aliphatic heterocycles. The third-order valence-corrected chi connectivity index (χ3v) is 5.82. The summed E-state index contributed by atoms with van der Waals surface area (Å²) in [5.74, 6) is 0.990. The number of rotatable bonds is 8. The molecule has 1 fully saturated rings. The normalized spacial score (nSPS) is 18.8. The van der Waals surface area contributed by atoms with Crippen molar-refractivity contribution < 1.29 is 19.1 Å². The van der Waals surface area contributed by atoms with Gasteiger partial charge in [0, 0.05) is 50.8 Å². The van der Waals surface area contributed by atoms with E-state index >= 15 is 0 Å². The Hall–Kier alpha value is -3.66. The number of hydrogen-bond donors (Lipinski definition) is 2. The molecule has 0 spiro atoms. The fraction of sp³-hybridized carbons (Fsp3) is 0.440. The number of aromatic nitrogens is 2. The number of carbonyl (C=O) groups excluding carboxylic acids is 2. The number of carbonyl (C=O) groups is 2. The number of nitrogens with zero attached hydrogens (tertiary/aromatic N) is 4. The van der Waals surface area contributed by atoms with E-state index in [0.29, 0.717) is 23.8 Å². The second-order valence-electron chi connectivity index (χ2n) is 8.69. The Kier molecular flexibility index (Phi) is 7.81. The van der Waals surface area contributed by atoms with Crippen LogP contribution < -0.4 is 20.3 Å². The SMILES string of the molecule is CCOC(=O)C1=C(CN2CCN(c3ncccn3)CC2)NC(=O)N[C@@H]1c1ccc(OC(C)C)cc1. The second kappa shape index (κ2) is 11.2. The number of esters is 1. The molecule has 2 amide bonds.